The molecule has 2 rings (SSSR count). The molecule has 0 radical (unpaired) electrons. The molecule has 1 atom stereocenters. The van der Waals surface area contributed by atoms with Gasteiger partial charge in [0.15, 0.2) is 5.96 Å². The fourth-order valence-corrected chi connectivity index (χ4v) is 3.02. The van der Waals surface area contributed by atoms with Crippen molar-refractivity contribution in [1.29, 1.82) is 0 Å². The number of guanidine groups is 1. The second-order valence-corrected chi connectivity index (χ2v) is 6.43. The van der Waals surface area contributed by atoms with E-state index >= 15 is 0 Å². The lowest BCUT2D eigenvalue weighted by molar-refractivity contribution is 0.0168. The zero-order valence-corrected chi connectivity index (χ0v) is 17.4. The number of rotatable bonds is 11. The van der Waals surface area contributed by atoms with Gasteiger partial charge in [-0.15, -0.1) is 0 Å². The molecule has 8 heteroatoms. The smallest absolute Gasteiger partial charge is 0.191 e. The van der Waals surface area contributed by atoms with Gasteiger partial charge in [0.05, 0.1) is 46.1 Å². The van der Waals surface area contributed by atoms with E-state index in [9.17, 15) is 0 Å². The Morgan fingerprint density at radius 2 is 1.89 bits per heavy atom. The second-order valence-electron chi connectivity index (χ2n) is 6.43. The Bertz CT molecular complexity index is 593. The van der Waals surface area contributed by atoms with Gasteiger partial charge in [0.25, 0.3) is 0 Å². The molecular formula is C20H33N3O5. The van der Waals surface area contributed by atoms with Gasteiger partial charge in [-0.3, -0.25) is 4.99 Å². The number of benzene rings is 1. The van der Waals surface area contributed by atoms with Crippen LogP contribution in [0.4, 0.5) is 0 Å². The van der Waals surface area contributed by atoms with Crippen LogP contribution in [0.5, 0.6) is 17.2 Å². The summed E-state index contributed by atoms with van der Waals surface area (Å²) in [5, 5.41) is 6.57. The molecule has 0 saturated carbocycles. The quantitative estimate of drug-likeness (QED) is 0.337. The molecule has 1 saturated heterocycles. The molecule has 1 aromatic rings. The van der Waals surface area contributed by atoms with Gasteiger partial charge in [-0.05, 0) is 19.3 Å². The largest absolute Gasteiger partial charge is 0.496 e. The zero-order valence-electron chi connectivity index (χ0n) is 17.4. The minimum Gasteiger partial charge on any atom is -0.496 e. The van der Waals surface area contributed by atoms with Crippen molar-refractivity contribution < 1.29 is 23.7 Å². The molecule has 0 bridgehead atoms. The highest BCUT2D eigenvalue weighted by molar-refractivity contribution is 5.79. The first kappa shape index (κ1) is 22.1. The number of hydrogen-bond donors (Lipinski definition) is 2. The third-order valence-electron chi connectivity index (χ3n) is 4.56. The average molecular weight is 396 g/mol. The van der Waals surface area contributed by atoms with Crippen LogP contribution in [-0.4, -0.2) is 66.8 Å². The summed E-state index contributed by atoms with van der Waals surface area (Å²) < 4.78 is 27.5. The van der Waals surface area contributed by atoms with Gasteiger partial charge in [-0.25, -0.2) is 0 Å². The van der Waals surface area contributed by atoms with Crippen LogP contribution in [0.1, 0.15) is 24.8 Å². The summed E-state index contributed by atoms with van der Waals surface area (Å²) in [4.78, 5) is 4.26. The van der Waals surface area contributed by atoms with E-state index in [1.165, 1.54) is 0 Å². The standard InChI is InChI=1S/C20H33N3O5/c1-21-20(22-8-6-9-27-14-15-7-5-10-28-15)23-13-17-18(25-3)11-16(24-2)12-19(17)26-4/h11-12,15H,5-10,13-14H2,1-4H3,(H2,21,22,23). The van der Waals surface area contributed by atoms with E-state index in [-0.39, 0.29) is 6.10 Å². The Morgan fingerprint density at radius 1 is 1.14 bits per heavy atom. The molecule has 1 aromatic carbocycles. The fraction of sp³-hybridized carbons (Fsp3) is 0.650. The van der Waals surface area contributed by atoms with E-state index < -0.39 is 0 Å². The number of nitrogens with one attached hydrogen (secondary N) is 2. The van der Waals surface area contributed by atoms with Crippen LogP contribution in [0.2, 0.25) is 0 Å². The predicted molar refractivity (Wildman–Crippen MR) is 109 cm³/mol. The van der Waals surface area contributed by atoms with Crippen LogP contribution in [-0.2, 0) is 16.0 Å². The van der Waals surface area contributed by atoms with Crippen LogP contribution >= 0.6 is 0 Å². The minimum atomic E-state index is 0.275. The van der Waals surface area contributed by atoms with Crippen molar-refractivity contribution in [2.24, 2.45) is 4.99 Å². The van der Waals surface area contributed by atoms with Gasteiger partial charge in [0, 0.05) is 38.9 Å². The number of methoxy groups -OCH3 is 3. The maximum absolute atomic E-state index is 5.67. The molecule has 1 heterocycles. The van der Waals surface area contributed by atoms with Crippen molar-refractivity contribution in [2.75, 3.05) is 54.7 Å². The highest BCUT2D eigenvalue weighted by Gasteiger charge is 2.15. The monoisotopic (exact) mass is 395 g/mol. The van der Waals surface area contributed by atoms with Gasteiger partial charge in [0.1, 0.15) is 17.2 Å². The molecule has 0 amide bonds. The first-order valence-corrected chi connectivity index (χ1v) is 9.64. The third kappa shape index (κ3) is 6.76. The summed E-state index contributed by atoms with van der Waals surface area (Å²) >= 11 is 0. The van der Waals surface area contributed by atoms with Gasteiger partial charge < -0.3 is 34.3 Å². The molecular weight excluding hydrogens is 362 g/mol. The molecule has 2 N–H and O–H groups in total. The minimum absolute atomic E-state index is 0.275. The van der Waals surface area contributed by atoms with E-state index in [1.54, 1.807) is 28.4 Å². The fourth-order valence-electron chi connectivity index (χ4n) is 3.02. The maximum atomic E-state index is 5.67. The van der Waals surface area contributed by atoms with Gasteiger partial charge in [0.2, 0.25) is 0 Å². The van der Waals surface area contributed by atoms with Crippen LogP contribution in [0, 0.1) is 0 Å². The van der Waals surface area contributed by atoms with Crippen molar-refractivity contribution in [3.8, 4) is 17.2 Å². The molecule has 1 aliphatic rings. The van der Waals surface area contributed by atoms with Crippen molar-refractivity contribution in [3.63, 3.8) is 0 Å². The highest BCUT2D eigenvalue weighted by atomic mass is 16.5. The normalized spacial score (nSPS) is 16.7. The lowest BCUT2D eigenvalue weighted by atomic mass is 10.1. The molecule has 0 aliphatic carbocycles. The van der Waals surface area contributed by atoms with Crippen LogP contribution in [0.25, 0.3) is 0 Å². The van der Waals surface area contributed by atoms with Gasteiger partial charge >= 0.3 is 0 Å². The van der Waals surface area contributed by atoms with Gasteiger partial charge in [-0.2, -0.15) is 0 Å². The molecule has 28 heavy (non-hydrogen) atoms. The second kappa shape index (κ2) is 12.3. The Hall–Kier alpha value is -2.19. The average Bonchev–Trinajstić information content (AvgIpc) is 3.25. The van der Waals surface area contributed by atoms with E-state index in [0.717, 1.165) is 38.0 Å². The number of hydrogen-bond acceptors (Lipinski definition) is 6. The Balaban J connectivity index is 1.75. The summed E-state index contributed by atoms with van der Waals surface area (Å²) in [6.07, 6.45) is 3.41. The van der Waals surface area contributed by atoms with E-state index in [1.807, 2.05) is 12.1 Å². The Kier molecular flexibility index (Phi) is 9.71. The van der Waals surface area contributed by atoms with Crippen LogP contribution in [0.15, 0.2) is 17.1 Å². The SMILES string of the molecule is CN=C(NCCCOCC1CCCO1)NCc1c(OC)cc(OC)cc1OC. The van der Waals surface area contributed by atoms with Crippen LogP contribution in [0.3, 0.4) is 0 Å². The van der Waals surface area contributed by atoms with Crippen molar-refractivity contribution in [2.45, 2.75) is 31.9 Å². The summed E-state index contributed by atoms with van der Waals surface area (Å²) in [7, 11) is 6.61. The maximum Gasteiger partial charge on any atom is 0.191 e. The number of nitrogens with zero attached hydrogens (tertiary/aromatic N) is 1. The molecule has 0 spiro atoms. The Labute approximate surface area is 167 Å². The lowest BCUT2D eigenvalue weighted by Crippen LogP contribution is -2.37. The van der Waals surface area contributed by atoms with E-state index in [2.05, 4.69) is 15.6 Å². The van der Waals surface area contributed by atoms with E-state index in [0.29, 0.717) is 43.0 Å². The summed E-state index contributed by atoms with van der Waals surface area (Å²) in [6.45, 7) is 3.52. The molecule has 1 unspecified atom stereocenters. The topological polar surface area (TPSA) is 82.6 Å². The molecule has 1 aliphatic heterocycles. The lowest BCUT2D eigenvalue weighted by Gasteiger charge is -2.17. The van der Waals surface area contributed by atoms with Crippen LogP contribution < -0.4 is 24.8 Å². The molecule has 8 nitrogen and oxygen atoms in total. The van der Waals surface area contributed by atoms with Crippen molar-refractivity contribution in [1.82, 2.24) is 10.6 Å². The molecule has 158 valence electrons. The molecule has 1 fully saturated rings. The number of ether oxygens (including phenoxy) is 5. The highest BCUT2D eigenvalue weighted by Crippen LogP contribution is 2.33. The summed E-state index contributed by atoms with van der Waals surface area (Å²) in [5.41, 5.74) is 0.897. The Morgan fingerprint density at radius 3 is 2.46 bits per heavy atom. The summed E-state index contributed by atoms with van der Waals surface area (Å²) in [6, 6.07) is 3.67. The van der Waals surface area contributed by atoms with Gasteiger partial charge in [-0.1, -0.05) is 0 Å². The van der Waals surface area contributed by atoms with Crippen molar-refractivity contribution in [3.05, 3.63) is 17.7 Å². The number of aliphatic imine (C=N–C) groups is 1. The first-order valence-electron chi connectivity index (χ1n) is 9.64. The molecule has 0 aromatic heterocycles. The first-order chi connectivity index (χ1) is 13.7. The predicted octanol–water partition coefficient (Wildman–Crippen LogP) is 1.96. The third-order valence-corrected chi connectivity index (χ3v) is 4.56. The van der Waals surface area contributed by atoms with E-state index in [4.69, 9.17) is 23.7 Å². The zero-order chi connectivity index (χ0) is 20.2. The van der Waals surface area contributed by atoms with Crippen molar-refractivity contribution >= 4 is 5.96 Å². The summed E-state index contributed by atoms with van der Waals surface area (Å²) in [5.74, 6) is 2.78.